The fourth-order valence-electron chi connectivity index (χ4n) is 0.693. The molecule has 2 nitrogen and oxygen atoms in total. The second kappa shape index (κ2) is 6.21. The van der Waals surface area contributed by atoms with Crippen molar-refractivity contribution < 1.29 is 17.9 Å². The third-order valence-corrected chi connectivity index (χ3v) is 1.20. The maximum atomic E-state index is 11.6. The second-order valence-corrected chi connectivity index (χ2v) is 3.26. The second-order valence-electron chi connectivity index (χ2n) is 3.26. The lowest BCUT2D eigenvalue weighted by Gasteiger charge is -2.09. The van der Waals surface area contributed by atoms with E-state index in [4.69, 9.17) is 4.74 Å². The minimum atomic E-state index is -4.13. The lowest BCUT2D eigenvalue weighted by Crippen LogP contribution is -2.31. The number of nitrogens with one attached hydrogen (secondary N) is 1. The molecule has 0 radical (unpaired) electrons. The van der Waals surface area contributed by atoms with Gasteiger partial charge in [-0.05, 0) is 5.92 Å². The van der Waals surface area contributed by atoms with Gasteiger partial charge in [-0.25, -0.2) is 0 Å². The fraction of sp³-hybridized carbons (Fsp3) is 1.00. The van der Waals surface area contributed by atoms with Crippen molar-refractivity contribution in [2.75, 3.05) is 26.3 Å². The number of rotatable bonds is 6. The maximum absolute atomic E-state index is 11.6. The summed E-state index contributed by atoms with van der Waals surface area (Å²) in [6.07, 6.45) is -4.13. The van der Waals surface area contributed by atoms with Crippen molar-refractivity contribution in [1.82, 2.24) is 5.32 Å². The number of ether oxygens (including phenoxy) is 1. The standard InChI is InChI=1S/C8H16F3NO/c1-7(2)5-13-4-3-12-6-8(9,10)11/h7,12H,3-6H2,1-2H3. The molecule has 0 atom stereocenters. The number of hydrogen-bond donors (Lipinski definition) is 1. The molecule has 1 N–H and O–H groups in total. The van der Waals surface area contributed by atoms with E-state index in [1.807, 2.05) is 13.8 Å². The van der Waals surface area contributed by atoms with Gasteiger partial charge in [0.2, 0.25) is 0 Å². The smallest absolute Gasteiger partial charge is 0.380 e. The van der Waals surface area contributed by atoms with E-state index in [0.29, 0.717) is 19.1 Å². The summed E-state index contributed by atoms with van der Waals surface area (Å²) in [6, 6.07) is 0. The van der Waals surface area contributed by atoms with Crippen molar-refractivity contribution >= 4 is 0 Å². The van der Waals surface area contributed by atoms with Gasteiger partial charge in [0, 0.05) is 13.2 Å². The van der Waals surface area contributed by atoms with Crippen molar-refractivity contribution in [2.24, 2.45) is 5.92 Å². The Morgan fingerprint density at radius 2 is 1.92 bits per heavy atom. The van der Waals surface area contributed by atoms with E-state index in [0.717, 1.165) is 0 Å². The molecule has 0 aliphatic heterocycles. The molecule has 0 spiro atoms. The van der Waals surface area contributed by atoms with E-state index in [2.05, 4.69) is 5.32 Å². The molecule has 0 aliphatic rings. The van der Waals surface area contributed by atoms with Gasteiger partial charge in [0.1, 0.15) is 0 Å². The minimum absolute atomic E-state index is 0.242. The zero-order chi connectivity index (χ0) is 10.3. The van der Waals surface area contributed by atoms with Crippen molar-refractivity contribution in [3.63, 3.8) is 0 Å². The molecule has 0 aromatic heterocycles. The Morgan fingerprint density at radius 3 is 2.38 bits per heavy atom. The van der Waals surface area contributed by atoms with Gasteiger partial charge < -0.3 is 10.1 Å². The molecular formula is C8H16F3NO. The Morgan fingerprint density at radius 1 is 1.31 bits per heavy atom. The fourth-order valence-corrected chi connectivity index (χ4v) is 0.693. The molecule has 0 fully saturated rings. The molecule has 80 valence electrons. The largest absolute Gasteiger partial charge is 0.401 e. The Labute approximate surface area is 76.5 Å². The van der Waals surface area contributed by atoms with Crippen LogP contribution < -0.4 is 5.32 Å². The monoisotopic (exact) mass is 199 g/mol. The van der Waals surface area contributed by atoms with Crippen LogP contribution in [0.15, 0.2) is 0 Å². The van der Waals surface area contributed by atoms with Crippen LogP contribution in [0.25, 0.3) is 0 Å². The predicted octanol–water partition coefficient (Wildman–Crippen LogP) is 1.81. The van der Waals surface area contributed by atoms with Gasteiger partial charge in [-0.15, -0.1) is 0 Å². The Kier molecular flexibility index (Phi) is 6.07. The quantitative estimate of drug-likeness (QED) is 0.659. The Bertz CT molecular complexity index is 125. The zero-order valence-corrected chi connectivity index (χ0v) is 7.95. The maximum Gasteiger partial charge on any atom is 0.401 e. The summed E-state index contributed by atoms with van der Waals surface area (Å²) in [7, 11) is 0. The van der Waals surface area contributed by atoms with Gasteiger partial charge in [-0.1, -0.05) is 13.8 Å². The van der Waals surface area contributed by atoms with E-state index < -0.39 is 12.7 Å². The summed E-state index contributed by atoms with van der Waals surface area (Å²) in [5.41, 5.74) is 0. The van der Waals surface area contributed by atoms with Crippen LogP contribution in [0.5, 0.6) is 0 Å². The summed E-state index contributed by atoms with van der Waals surface area (Å²) in [6.45, 7) is 4.19. The molecule has 0 bridgehead atoms. The average molecular weight is 199 g/mol. The third-order valence-electron chi connectivity index (χ3n) is 1.20. The molecule has 0 aromatic rings. The van der Waals surface area contributed by atoms with Crippen molar-refractivity contribution in [3.8, 4) is 0 Å². The molecular weight excluding hydrogens is 183 g/mol. The normalized spacial score (nSPS) is 12.5. The Balaban J connectivity index is 3.09. The highest BCUT2D eigenvalue weighted by Crippen LogP contribution is 2.11. The topological polar surface area (TPSA) is 21.3 Å². The molecule has 13 heavy (non-hydrogen) atoms. The highest BCUT2D eigenvalue weighted by Gasteiger charge is 2.25. The molecule has 0 aromatic carbocycles. The first kappa shape index (κ1) is 12.7. The molecule has 0 saturated heterocycles. The van der Waals surface area contributed by atoms with Crippen LogP contribution in [-0.2, 0) is 4.74 Å². The first-order chi connectivity index (χ1) is 5.92. The van der Waals surface area contributed by atoms with E-state index in [9.17, 15) is 13.2 Å². The van der Waals surface area contributed by atoms with Gasteiger partial charge in [-0.3, -0.25) is 0 Å². The summed E-state index contributed by atoms with van der Waals surface area (Å²) in [5.74, 6) is 0.419. The molecule has 0 heterocycles. The van der Waals surface area contributed by atoms with Crippen LogP contribution in [0.4, 0.5) is 13.2 Å². The van der Waals surface area contributed by atoms with Crippen LogP contribution in [0.2, 0.25) is 0 Å². The van der Waals surface area contributed by atoms with E-state index in [1.54, 1.807) is 0 Å². The molecule has 0 amide bonds. The number of hydrogen-bond acceptors (Lipinski definition) is 2. The molecule has 0 aliphatic carbocycles. The highest BCUT2D eigenvalue weighted by molar-refractivity contribution is 4.54. The van der Waals surface area contributed by atoms with E-state index >= 15 is 0 Å². The molecule has 5 heteroatoms. The number of halogens is 3. The van der Waals surface area contributed by atoms with Gasteiger partial charge in [0.05, 0.1) is 13.2 Å². The van der Waals surface area contributed by atoms with Crippen molar-refractivity contribution in [3.05, 3.63) is 0 Å². The van der Waals surface area contributed by atoms with Crippen LogP contribution in [0.1, 0.15) is 13.8 Å². The third kappa shape index (κ3) is 11.7. The number of alkyl halides is 3. The van der Waals surface area contributed by atoms with Crippen molar-refractivity contribution in [2.45, 2.75) is 20.0 Å². The van der Waals surface area contributed by atoms with Crippen LogP contribution in [0, 0.1) is 5.92 Å². The van der Waals surface area contributed by atoms with E-state index in [-0.39, 0.29) is 6.54 Å². The van der Waals surface area contributed by atoms with Gasteiger partial charge in [0.15, 0.2) is 0 Å². The molecule has 0 rings (SSSR count). The highest BCUT2D eigenvalue weighted by atomic mass is 19.4. The predicted molar refractivity (Wildman–Crippen MR) is 44.6 cm³/mol. The SMILES string of the molecule is CC(C)COCCNCC(F)(F)F. The summed E-state index contributed by atoms with van der Waals surface area (Å²) in [5, 5.41) is 2.25. The Hall–Kier alpha value is -0.290. The van der Waals surface area contributed by atoms with Crippen LogP contribution in [0.3, 0.4) is 0 Å². The molecule has 0 unspecified atom stereocenters. The average Bonchev–Trinajstić information content (AvgIpc) is 1.93. The zero-order valence-electron chi connectivity index (χ0n) is 7.95. The van der Waals surface area contributed by atoms with Gasteiger partial charge >= 0.3 is 6.18 Å². The summed E-state index contributed by atoms with van der Waals surface area (Å²) in [4.78, 5) is 0. The lowest BCUT2D eigenvalue weighted by molar-refractivity contribution is -0.125. The van der Waals surface area contributed by atoms with Gasteiger partial charge in [-0.2, -0.15) is 13.2 Å². The summed E-state index contributed by atoms with van der Waals surface area (Å²) >= 11 is 0. The van der Waals surface area contributed by atoms with Crippen LogP contribution in [-0.4, -0.2) is 32.5 Å². The first-order valence-corrected chi connectivity index (χ1v) is 4.27. The van der Waals surface area contributed by atoms with E-state index in [1.165, 1.54) is 0 Å². The summed E-state index contributed by atoms with van der Waals surface area (Å²) < 4.78 is 39.8. The minimum Gasteiger partial charge on any atom is -0.380 e. The lowest BCUT2D eigenvalue weighted by atomic mass is 10.2. The first-order valence-electron chi connectivity index (χ1n) is 4.27. The van der Waals surface area contributed by atoms with Gasteiger partial charge in [0.25, 0.3) is 0 Å². The van der Waals surface area contributed by atoms with Crippen molar-refractivity contribution in [1.29, 1.82) is 0 Å². The molecule has 0 saturated carbocycles. The van der Waals surface area contributed by atoms with Crippen LogP contribution >= 0.6 is 0 Å².